The summed E-state index contributed by atoms with van der Waals surface area (Å²) >= 11 is 5.38. The van der Waals surface area contributed by atoms with E-state index in [0.717, 1.165) is 18.5 Å². The van der Waals surface area contributed by atoms with Crippen molar-refractivity contribution < 1.29 is 4.79 Å². The second kappa shape index (κ2) is 6.44. The van der Waals surface area contributed by atoms with Crippen LogP contribution in [0, 0.1) is 5.41 Å². The molecule has 0 atom stereocenters. The molecule has 1 saturated carbocycles. The molecule has 1 aromatic rings. The molecule has 3 rings (SSSR count). The highest BCUT2D eigenvalue weighted by molar-refractivity contribution is 7.80. The van der Waals surface area contributed by atoms with E-state index in [1.165, 1.54) is 53.7 Å². The molecule has 0 heterocycles. The number of thiocarbonyl (C=S) groups is 1. The van der Waals surface area contributed by atoms with Gasteiger partial charge in [-0.15, -0.1) is 0 Å². The van der Waals surface area contributed by atoms with Crippen molar-refractivity contribution in [3.63, 3.8) is 0 Å². The first-order valence-corrected chi connectivity index (χ1v) is 8.77. The normalized spacial score (nSPS) is 19.2. The third-order valence-electron chi connectivity index (χ3n) is 5.51. The Morgan fingerprint density at radius 1 is 1.26 bits per heavy atom. The van der Waals surface area contributed by atoms with Crippen LogP contribution in [0.3, 0.4) is 0 Å². The Kier molecular flexibility index (Phi) is 4.53. The van der Waals surface area contributed by atoms with Crippen molar-refractivity contribution in [3.8, 4) is 0 Å². The highest BCUT2D eigenvalue weighted by Crippen LogP contribution is 2.50. The Morgan fingerprint density at radius 2 is 1.96 bits per heavy atom. The first-order chi connectivity index (χ1) is 11.1. The summed E-state index contributed by atoms with van der Waals surface area (Å²) < 4.78 is 0. The predicted molar refractivity (Wildman–Crippen MR) is 97.8 cm³/mol. The van der Waals surface area contributed by atoms with E-state index in [-0.39, 0.29) is 5.41 Å². The van der Waals surface area contributed by atoms with Crippen molar-refractivity contribution >= 4 is 29.4 Å². The van der Waals surface area contributed by atoms with Gasteiger partial charge in [-0.3, -0.25) is 9.69 Å². The second-order valence-electron chi connectivity index (χ2n) is 6.82. The Labute approximate surface area is 143 Å². The number of allylic oxidation sites excluding steroid dienone is 1. The SMILES string of the molecule is CC1=C(NC(=S)N(C)C=O)c2ccccc2CC12CCCCC2. The van der Waals surface area contributed by atoms with Gasteiger partial charge in [0.15, 0.2) is 5.11 Å². The summed E-state index contributed by atoms with van der Waals surface area (Å²) in [4.78, 5) is 12.4. The lowest BCUT2D eigenvalue weighted by Crippen LogP contribution is -2.39. The molecule has 2 aliphatic rings. The monoisotopic (exact) mass is 328 g/mol. The fourth-order valence-electron chi connectivity index (χ4n) is 4.07. The minimum atomic E-state index is 0.254. The van der Waals surface area contributed by atoms with Gasteiger partial charge in [0.25, 0.3) is 0 Å². The molecule has 2 aliphatic carbocycles. The van der Waals surface area contributed by atoms with Crippen molar-refractivity contribution in [3.05, 3.63) is 41.0 Å². The van der Waals surface area contributed by atoms with E-state index < -0.39 is 0 Å². The highest BCUT2D eigenvalue weighted by Gasteiger charge is 2.39. The van der Waals surface area contributed by atoms with Gasteiger partial charge in [0, 0.05) is 18.3 Å². The molecule has 0 unspecified atom stereocenters. The van der Waals surface area contributed by atoms with E-state index in [0.29, 0.717) is 5.11 Å². The summed E-state index contributed by atoms with van der Waals surface area (Å²) in [6, 6.07) is 8.56. The number of hydrogen-bond donors (Lipinski definition) is 1. The third-order valence-corrected chi connectivity index (χ3v) is 5.90. The van der Waals surface area contributed by atoms with Gasteiger partial charge >= 0.3 is 0 Å². The number of hydrogen-bond acceptors (Lipinski definition) is 2. The summed E-state index contributed by atoms with van der Waals surface area (Å²) in [5.41, 5.74) is 5.37. The minimum Gasteiger partial charge on any atom is -0.332 e. The molecule has 23 heavy (non-hydrogen) atoms. The fourth-order valence-corrected chi connectivity index (χ4v) is 4.21. The molecule has 0 aliphatic heterocycles. The number of nitrogens with zero attached hydrogens (tertiary/aromatic N) is 1. The number of fused-ring (bicyclic) bond motifs is 1. The Balaban J connectivity index is 2.04. The molecular weight excluding hydrogens is 304 g/mol. The van der Waals surface area contributed by atoms with Crippen LogP contribution in [0.2, 0.25) is 0 Å². The van der Waals surface area contributed by atoms with Gasteiger partial charge in [0.2, 0.25) is 6.41 Å². The molecular formula is C19H24N2OS. The number of benzene rings is 1. The largest absolute Gasteiger partial charge is 0.332 e. The van der Waals surface area contributed by atoms with Crippen LogP contribution in [-0.4, -0.2) is 23.5 Å². The third kappa shape index (κ3) is 2.92. The number of amides is 1. The molecule has 1 spiro atoms. The van der Waals surface area contributed by atoms with Gasteiger partial charge in [-0.1, -0.05) is 43.5 Å². The quantitative estimate of drug-likeness (QED) is 0.660. The van der Waals surface area contributed by atoms with Gasteiger partial charge in [0.05, 0.1) is 0 Å². The smallest absolute Gasteiger partial charge is 0.215 e. The van der Waals surface area contributed by atoms with Crippen molar-refractivity contribution in [2.45, 2.75) is 45.4 Å². The molecule has 0 bridgehead atoms. The predicted octanol–water partition coefficient (Wildman–Crippen LogP) is 3.89. The molecule has 0 radical (unpaired) electrons. The lowest BCUT2D eigenvalue weighted by molar-refractivity contribution is -0.114. The Morgan fingerprint density at radius 3 is 2.65 bits per heavy atom. The zero-order valence-corrected chi connectivity index (χ0v) is 14.7. The molecule has 0 saturated heterocycles. The van der Waals surface area contributed by atoms with Gasteiger partial charge in [0.1, 0.15) is 0 Å². The van der Waals surface area contributed by atoms with Crippen LogP contribution in [0.5, 0.6) is 0 Å². The van der Waals surface area contributed by atoms with E-state index in [1.54, 1.807) is 7.05 Å². The van der Waals surface area contributed by atoms with E-state index in [1.807, 2.05) is 0 Å². The van der Waals surface area contributed by atoms with E-state index in [9.17, 15) is 4.79 Å². The fraction of sp³-hybridized carbons (Fsp3) is 0.474. The maximum atomic E-state index is 11.0. The van der Waals surface area contributed by atoms with Crippen molar-refractivity contribution in [2.24, 2.45) is 5.41 Å². The summed E-state index contributed by atoms with van der Waals surface area (Å²) in [5, 5.41) is 3.81. The molecule has 0 aromatic heterocycles. The molecule has 1 fully saturated rings. The van der Waals surface area contributed by atoms with Gasteiger partial charge in [-0.2, -0.15) is 0 Å². The molecule has 1 N–H and O–H groups in total. The van der Waals surface area contributed by atoms with Gasteiger partial charge in [-0.05, 0) is 55.0 Å². The summed E-state index contributed by atoms with van der Waals surface area (Å²) in [5.74, 6) is 0. The zero-order chi connectivity index (χ0) is 16.4. The minimum absolute atomic E-state index is 0.254. The number of carbonyl (C=O) groups is 1. The van der Waals surface area contributed by atoms with E-state index in [2.05, 4.69) is 36.5 Å². The number of rotatable bonds is 2. The van der Waals surface area contributed by atoms with Gasteiger partial charge < -0.3 is 5.32 Å². The molecule has 1 aromatic carbocycles. The summed E-state index contributed by atoms with van der Waals surface area (Å²) in [6.07, 6.45) is 8.29. The van der Waals surface area contributed by atoms with Gasteiger partial charge in [-0.25, -0.2) is 0 Å². The zero-order valence-electron chi connectivity index (χ0n) is 13.9. The first kappa shape index (κ1) is 16.2. The van der Waals surface area contributed by atoms with Crippen LogP contribution < -0.4 is 5.32 Å². The average molecular weight is 328 g/mol. The average Bonchev–Trinajstić information content (AvgIpc) is 2.59. The van der Waals surface area contributed by atoms with Crippen molar-refractivity contribution in [1.82, 2.24) is 10.2 Å². The van der Waals surface area contributed by atoms with Crippen LogP contribution in [0.25, 0.3) is 5.70 Å². The topological polar surface area (TPSA) is 32.3 Å². The first-order valence-electron chi connectivity index (χ1n) is 8.36. The maximum Gasteiger partial charge on any atom is 0.215 e. The lowest BCUT2D eigenvalue weighted by atomic mass is 9.62. The highest BCUT2D eigenvalue weighted by atomic mass is 32.1. The molecule has 3 nitrogen and oxygen atoms in total. The maximum absolute atomic E-state index is 11.0. The number of carbonyl (C=O) groups excluding carboxylic acids is 1. The standard InChI is InChI=1S/C19H24N2OS/c1-14-17(20-18(23)21(2)13-22)16-9-5-4-8-15(16)12-19(14)10-6-3-7-11-19/h4-5,8-9,13H,3,6-7,10-12H2,1-2H3,(H,20,23). The number of nitrogens with one attached hydrogen (secondary N) is 1. The Hall–Kier alpha value is -1.68. The summed E-state index contributed by atoms with van der Waals surface area (Å²) in [6.45, 7) is 2.24. The molecule has 122 valence electrons. The molecule has 1 amide bonds. The lowest BCUT2D eigenvalue weighted by Gasteiger charge is -2.43. The Bertz CT molecular complexity index is 659. The van der Waals surface area contributed by atoms with E-state index >= 15 is 0 Å². The van der Waals surface area contributed by atoms with Crippen LogP contribution >= 0.6 is 12.2 Å². The van der Waals surface area contributed by atoms with Crippen LogP contribution in [0.15, 0.2) is 29.8 Å². The van der Waals surface area contributed by atoms with Crippen molar-refractivity contribution in [1.29, 1.82) is 0 Å². The van der Waals surface area contributed by atoms with Crippen LogP contribution in [0.1, 0.15) is 50.2 Å². The van der Waals surface area contributed by atoms with Crippen LogP contribution in [-0.2, 0) is 11.2 Å². The second-order valence-corrected chi connectivity index (χ2v) is 7.21. The summed E-state index contributed by atoms with van der Waals surface area (Å²) in [7, 11) is 1.68. The van der Waals surface area contributed by atoms with Crippen LogP contribution in [0.4, 0.5) is 0 Å². The van der Waals surface area contributed by atoms with Crippen molar-refractivity contribution in [2.75, 3.05) is 7.05 Å². The van der Waals surface area contributed by atoms with E-state index in [4.69, 9.17) is 12.2 Å². The molecule has 4 heteroatoms.